The molecule has 2 fully saturated rings. The average Bonchev–Trinajstić information content (AvgIpc) is 3.23. The third-order valence-electron chi connectivity index (χ3n) is 5.39. The first-order valence-electron chi connectivity index (χ1n) is 8.47. The van der Waals surface area contributed by atoms with Gasteiger partial charge in [-0.2, -0.15) is 5.10 Å². The number of carbonyl (C=O) groups excluding carboxylic acids is 1. The molecule has 2 aromatic heterocycles. The first kappa shape index (κ1) is 15.4. The van der Waals surface area contributed by atoms with E-state index in [9.17, 15) is 4.79 Å². The van der Waals surface area contributed by atoms with E-state index in [0.717, 1.165) is 55.3 Å². The maximum Gasteiger partial charge on any atom is 0.231 e. The zero-order valence-electron chi connectivity index (χ0n) is 14.4. The zero-order valence-corrected chi connectivity index (χ0v) is 14.4. The summed E-state index contributed by atoms with van der Waals surface area (Å²) in [5.41, 5.74) is 3.01. The highest BCUT2D eigenvalue weighted by atomic mass is 16.5. The third kappa shape index (κ3) is 2.53. The molecule has 4 heterocycles. The number of fused-ring (bicyclic) bond motifs is 1. The number of carbonyl (C=O) groups is 1. The van der Waals surface area contributed by atoms with Crippen molar-refractivity contribution in [2.24, 2.45) is 18.9 Å². The Hall–Kier alpha value is -2.15. The maximum absolute atomic E-state index is 12.9. The number of hydrogen-bond donors (Lipinski definition) is 0. The standard InChI is InChI=1S/C17H23N5O2/c1-11-15(12(2)24-19-11)9-21-7-13-4-5-22(17(23)16(13)10-21)14-6-18-20(3)8-14/h6,8,13,16H,4-5,7,9-10H2,1-3H3/t13-,16+/m0/s1. The van der Waals surface area contributed by atoms with E-state index in [-0.39, 0.29) is 11.8 Å². The molecule has 0 N–H and O–H groups in total. The molecule has 24 heavy (non-hydrogen) atoms. The molecule has 0 radical (unpaired) electrons. The predicted molar refractivity (Wildman–Crippen MR) is 88.4 cm³/mol. The molecule has 0 unspecified atom stereocenters. The van der Waals surface area contributed by atoms with Gasteiger partial charge < -0.3 is 9.42 Å². The zero-order chi connectivity index (χ0) is 16.8. The number of anilines is 1. The minimum absolute atomic E-state index is 0.0828. The Morgan fingerprint density at radius 1 is 1.33 bits per heavy atom. The van der Waals surface area contributed by atoms with Gasteiger partial charge in [-0.3, -0.25) is 14.4 Å². The van der Waals surface area contributed by atoms with Gasteiger partial charge in [0.25, 0.3) is 0 Å². The van der Waals surface area contributed by atoms with Crippen LogP contribution in [-0.4, -0.2) is 45.4 Å². The molecule has 0 saturated carbocycles. The van der Waals surface area contributed by atoms with E-state index in [1.807, 2.05) is 32.0 Å². The third-order valence-corrected chi connectivity index (χ3v) is 5.39. The Morgan fingerprint density at radius 2 is 2.17 bits per heavy atom. The van der Waals surface area contributed by atoms with Crippen molar-refractivity contribution in [3.05, 3.63) is 29.4 Å². The summed E-state index contributed by atoms with van der Waals surface area (Å²) in [6.07, 6.45) is 4.73. The number of aromatic nitrogens is 3. The second-order valence-corrected chi connectivity index (χ2v) is 7.01. The molecule has 2 saturated heterocycles. The number of nitrogens with zero attached hydrogens (tertiary/aromatic N) is 5. The smallest absolute Gasteiger partial charge is 0.231 e. The van der Waals surface area contributed by atoms with E-state index in [1.54, 1.807) is 10.9 Å². The van der Waals surface area contributed by atoms with E-state index >= 15 is 0 Å². The van der Waals surface area contributed by atoms with Crippen molar-refractivity contribution in [1.29, 1.82) is 0 Å². The lowest BCUT2D eigenvalue weighted by Gasteiger charge is -2.32. The summed E-state index contributed by atoms with van der Waals surface area (Å²) in [5, 5.41) is 8.22. The van der Waals surface area contributed by atoms with Crippen LogP contribution in [0.4, 0.5) is 5.69 Å². The number of likely N-dealkylation sites (tertiary alicyclic amines) is 1. The van der Waals surface area contributed by atoms with E-state index in [0.29, 0.717) is 5.92 Å². The maximum atomic E-state index is 12.9. The second kappa shape index (κ2) is 5.73. The largest absolute Gasteiger partial charge is 0.361 e. The minimum atomic E-state index is 0.0828. The molecule has 2 aliphatic heterocycles. The summed E-state index contributed by atoms with van der Waals surface area (Å²) in [6, 6.07) is 0. The first-order valence-corrected chi connectivity index (χ1v) is 8.47. The summed E-state index contributed by atoms with van der Waals surface area (Å²) in [6.45, 7) is 7.31. The fourth-order valence-corrected chi connectivity index (χ4v) is 4.02. The van der Waals surface area contributed by atoms with Gasteiger partial charge in [0, 0.05) is 45.0 Å². The van der Waals surface area contributed by atoms with Crippen molar-refractivity contribution in [2.45, 2.75) is 26.8 Å². The molecular formula is C17H23N5O2. The van der Waals surface area contributed by atoms with Gasteiger partial charge in [-0.15, -0.1) is 0 Å². The minimum Gasteiger partial charge on any atom is -0.361 e. The molecule has 128 valence electrons. The molecule has 2 atom stereocenters. The molecule has 2 aliphatic rings. The highest BCUT2D eigenvalue weighted by Gasteiger charge is 2.43. The van der Waals surface area contributed by atoms with E-state index in [1.165, 1.54) is 0 Å². The number of hydrogen-bond acceptors (Lipinski definition) is 5. The lowest BCUT2D eigenvalue weighted by molar-refractivity contribution is -0.124. The molecule has 0 bridgehead atoms. The monoisotopic (exact) mass is 329 g/mol. The van der Waals surface area contributed by atoms with Crippen molar-refractivity contribution >= 4 is 11.6 Å². The Kier molecular flexibility index (Phi) is 3.68. The first-order chi connectivity index (χ1) is 11.5. The molecule has 1 amide bonds. The summed E-state index contributed by atoms with van der Waals surface area (Å²) < 4.78 is 7.00. The predicted octanol–water partition coefficient (Wildman–Crippen LogP) is 1.51. The highest BCUT2D eigenvalue weighted by Crippen LogP contribution is 2.35. The van der Waals surface area contributed by atoms with Gasteiger partial charge in [-0.05, 0) is 26.2 Å². The normalized spacial score (nSPS) is 24.6. The van der Waals surface area contributed by atoms with E-state index < -0.39 is 0 Å². The van der Waals surface area contributed by atoms with Gasteiger partial charge in [0.15, 0.2) is 0 Å². The summed E-state index contributed by atoms with van der Waals surface area (Å²) in [4.78, 5) is 17.2. The van der Waals surface area contributed by atoms with Gasteiger partial charge >= 0.3 is 0 Å². The quantitative estimate of drug-likeness (QED) is 0.854. The number of amides is 1. The Morgan fingerprint density at radius 3 is 2.83 bits per heavy atom. The van der Waals surface area contributed by atoms with Crippen LogP contribution in [0.3, 0.4) is 0 Å². The van der Waals surface area contributed by atoms with Crippen molar-refractivity contribution in [2.75, 3.05) is 24.5 Å². The van der Waals surface area contributed by atoms with Gasteiger partial charge in [-0.25, -0.2) is 0 Å². The Balaban J connectivity index is 1.48. The lowest BCUT2D eigenvalue weighted by Crippen LogP contribution is -2.45. The Bertz CT molecular complexity index is 745. The summed E-state index contributed by atoms with van der Waals surface area (Å²) in [5.74, 6) is 1.65. The molecule has 0 aliphatic carbocycles. The molecule has 0 aromatic carbocycles. The van der Waals surface area contributed by atoms with Crippen molar-refractivity contribution in [1.82, 2.24) is 19.8 Å². The van der Waals surface area contributed by atoms with Gasteiger partial charge in [-0.1, -0.05) is 5.16 Å². The summed E-state index contributed by atoms with van der Waals surface area (Å²) >= 11 is 0. The SMILES string of the molecule is Cc1noc(C)c1CN1C[C@@H]2CCN(c3cnn(C)c3)C(=O)[C@@H]2C1. The topological polar surface area (TPSA) is 67.4 Å². The average molecular weight is 329 g/mol. The van der Waals surface area contributed by atoms with Crippen LogP contribution in [0.25, 0.3) is 0 Å². The number of aryl methyl sites for hydroxylation is 3. The number of piperidine rings is 1. The second-order valence-electron chi connectivity index (χ2n) is 7.01. The highest BCUT2D eigenvalue weighted by molar-refractivity contribution is 5.96. The van der Waals surface area contributed by atoms with Gasteiger partial charge in [0.05, 0.1) is 23.5 Å². The van der Waals surface area contributed by atoms with Crippen LogP contribution in [0.15, 0.2) is 16.9 Å². The van der Waals surface area contributed by atoms with Crippen LogP contribution >= 0.6 is 0 Å². The van der Waals surface area contributed by atoms with Gasteiger partial charge in [0.1, 0.15) is 5.76 Å². The number of rotatable bonds is 3. The summed E-state index contributed by atoms with van der Waals surface area (Å²) in [7, 11) is 1.88. The Labute approximate surface area is 141 Å². The van der Waals surface area contributed by atoms with Gasteiger partial charge in [0.2, 0.25) is 5.91 Å². The molecule has 7 heteroatoms. The van der Waals surface area contributed by atoms with Crippen LogP contribution in [0, 0.1) is 25.7 Å². The van der Waals surface area contributed by atoms with Crippen LogP contribution in [0.1, 0.15) is 23.4 Å². The molecule has 2 aromatic rings. The lowest BCUT2D eigenvalue weighted by atomic mass is 9.88. The molecule has 4 rings (SSSR count). The molecular weight excluding hydrogens is 306 g/mol. The van der Waals surface area contributed by atoms with E-state index in [2.05, 4.69) is 15.2 Å². The molecule has 7 nitrogen and oxygen atoms in total. The van der Waals surface area contributed by atoms with E-state index in [4.69, 9.17) is 4.52 Å². The van der Waals surface area contributed by atoms with Crippen molar-refractivity contribution in [3.8, 4) is 0 Å². The van der Waals surface area contributed by atoms with Crippen LogP contribution in [0.5, 0.6) is 0 Å². The van der Waals surface area contributed by atoms with Crippen LogP contribution in [0.2, 0.25) is 0 Å². The fourth-order valence-electron chi connectivity index (χ4n) is 4.02. The van der Waals surface area contributed by atoms with Crippen molar-refractivity contribution < 1.29 is 9.32 Å². The fraction of sp³-hybridized carbons (Fsp3) is 0.588. The van der Waals surface area contributed by atoms with Crippen molar-refractivity contribution in [3.63, 3.8) is 0 Å². The molecule has 0 spiro atoms. The van der Waals surface area contributed by atoms with Crippen LogP contribution < -0.4 is 4.90 Å². The van der Waals surface area contributed by atoms with Crippen LogP contribution in [-0.2, 0) is 18.4 Å².